The van der Waals surface area contributed by atoms with E-state index in [0.717, 1.165) is 18.4 Å². The molecule has 2 rings (SSSR count). The Kier molecular flexibility index (Phi) is 4.42. The first-order valence-corrected chi connectivity index (χ1v) is 7.12. The monoisotopic (exact) mass is 275 g/mol. The molecule has 0 saturated heterocycles. The molecule has 0 bridgehead atoms. The van der Waals surface area contributed by atoms with Crippen LogP contribution in [0.4, 0.5) is 0 Å². The molecule has 0 aromatic heterocycles. The fourth-order valence-electron chi connectivity index (χ4n) is 2.82. The van der Waals surface area contributed by atoms with E-state index in [1.807, 2.05) is 6.07 Å². The fourth-order valence-corrected chi connectivity index (χ4v) is 2.82. The number of carboxylic acids is 1. The molecule has 0 saturated carbocycles. The summed E-state index contributed by atoms with van der Waals surface area (Å²) >= 11 is 0. The Labute approximate surface area is 119 Å². The minimum atomic E-state index is -0.947. The van der Waals surface area contributed by atoms with Gasteiger partial charge in [-0.3, -0.25) is 4.79 Å². The van der Waals surface area contributed by atoms with Crippen molar-refractivity contribution in [2.75, 3.05) is 7.05 Å². The zero-order valence-electron chi connectivity index (χ0n) is 12.1. The summed E-state index contributed by atoms with van der Waals surface area (Å²) in [7, 11) is 1.57. The van der Waals surface area contributed by atoms with Gasteiger partial charge in [-0.25, -0.2) is 4.79 Å². The molecule has 1 unspecified atom stereocenters. The smallest absolute Gasteiger partial charge is 0.326 e. The van der Waals surface area contributed by atoms with E-state index in [1.165, 1.54) is 22.4 Å². The molecule has 1 atom stereocenters. The van der Waals surface area contributed by atoms with Gasteiger partial charge in [-0.15, -0.1) is 0 Å². The van der Waals surface area contributed by atoms with Gasteiger partial charge in [0, 0.05) is 7.05 Å². The lowest BCUT2D eigenvalue weighted by molar-refractivity contribution is -0.148. The first-order chi connectivity index (χ1) is 9.52. The van der Waals surface area contributed by atoms with E-state index >= 15 is 0 Å². The summed E-state index contributed by atoms with van der Waals surface area (Å²) in [4.78, 5) is 24.6. The minimum absolute atomic E-state index is 0.141. The van der Waals surface area contributed by atoms with E-state index in [-0.39, 0.29) is 12.3 Å². The van der Waals surface area contributed by atoms with Crippen molar-refractivity contribution in [1.82, 2.24) is 4.90 Å². The molecule has 0 spiro atoms. The third-order valence-electron chi connectivity index (χ3n) is 4.05. The SMILES string of the molecule is CCC(C(=O)O)N(C)C(=O)Cc1ccc2c(c1)CCC2. The van der Waals surface area contributed by atoms with Crippen LogP contribution < -0.4 is 0 Å². The van der Waals surface area contributed by atoms with Crippen LogP contribution in [0.3, 0.4) is 0 Å². The van der Waals surface area contributed by atoms with Crippen LogP contribution in [-0.4, -0.2) is 35.0 Å². The highest BCUT2D eigenvalue weighted by atomic mass is 16.4. The number of fused-ring (bicyclic) bond motifs is 1. The molecule has 0 heterocycles. The van der Waals surface area contributed by atoms with Crippen LogP contribution in [0.2, 0.25) is 0 Å². The highest BCUT2D eigenvalue weighted by Crippen LogP contribution is 2.23. The molecule has 4 heteroatoms. The molecule has 1 N–H and O–H groups in total. The Morgan fingerprint density at radius 3 is 2.65 bits per heavy atom. The number of hydrogen-bond acceptors (Lipinski definition) is 2. The summed E-state index contributed by atoms with van der Waals surface area (Å²) in [5.41, 5.74) is 3.69. The Hall–Kier alpha value is -1.84. The van der Waals surface area contributed by atoms with Crippen molar-refractivity contribution >= 4 is 11.9 Å². The molecule has 1 aliphatic carbocycles. The van der Waals surface area contributed by atoms with Gasteiger partial charge in [-0.1, -0.05) is 25.1 Å². The van der Waals surface area contributed by atoms with Gasteiger partial charge in [0.15, 0.2) is 0 Å². The van der Waals surface area contributed by atoms with E-state index in [1.54, 1.807) is 14.0 Å². The van der Waals surface area contributed by atoms with Gasteiger partial charge in [0.25, 0.3) is 0 Å². The number of carbonyl (C=O) groups excluding carboxylic acids is 1. The van der Waals surface area contributed by atoms with E-state index in [0.29, 0.717) is 6.42 Å². The largest absolute Gasteiger partial charge is 0.480 e. The molecule has 4 nitrogen and oxygen atoms in total. The number of likely N-dealkylation sites (N-methyl/N-ethyl adjacent to an activating group) is 1. The normalized spacial score (nSPS) is 14.7. The van der Waals surface area contributed by atoms with Gasteiger partial charge in [-0.2, -0.15) is 0 Å². The van der Waals surface area contributed by atoms with Crippen LogP contribution >= 0.6 is 0 Å². The summed E-state index contributed by atoms with van der Waals surface area (Å²) in [6, 6.07) is 5.43. The summed E-state index contributed by atoms with van der Waals surface area (Å²) < 4.78 is 0. The maximum atomic E-state index is 12.2. The number of aliphatic carboxylic acids is 1. The van der Waals surface area contributed by atoms with Crippen LogP contribution in [0.1, 0.15) is 36.5 Å². The number of hydrogen-bond donors (Lipinski definition) is 1. The predicted molar refractivity (Wildman–Crippen MR) is 76.7 cm³/mol. The van der Waals surface area contributed by atoms with Crippen LogP contribution in [0, 0.1) is 0 Å². The van der Waals surface area contributed by atoms with Crippen molar-refractivity contribution in [2.45, 2.75) is 45.1 Å². The zero-order chi connectivity index (χ0) is 14.7. The van der Waals surface area contributed by atoms with Crippen molar-refractivity contribution in [1.29, 1.82) is 0 Å². The fraction of sp³-hybridized carbons (Fsp3) is 0.500. The molecule has 1 aromatic carbocycles. The topological polar surface area (TPSA) is 57.6 Å². The van der Waals surface area contributed by atoms with Gasteiger partial charge in [0.2, 0.25) is 5.91 Å². The van der Waals surface area contributed by atoms with Gasteiger partial charge < -0.3 is 10.0 Å². The lowest BCUT2D eigenvalue weighted by atomic mass is 10.0. The van der Waals surface area contributed by atoms with E-state index in [9.17, 15) is 9.59 Å². The number of benzene rings is 1. The van der Waals surface area contributed by atoms with Gasteiger partial charge in [0.05, 0.1) is 6.42 Å². The first kappa shape index (κ1) is 14.6. The quantitative estimate of drug-likeness (QED) is 0.894. The van der Waals surface area contributed by atoms with Crippen molar-refractivity contribution in [3.8, 4) is 0 Å². The number of carboxylic acid groups (broad SMARTS) is 1. The average molecular weight is 275 g/mol. The maximum absolute atomic E-state index is 12.2. The molecule has 0 aliphatic heterocycles. The Morgan fingerprint density at radius 2 is 2.00 bits per heavy atom. The first-order valence-electron chi connectivity index (χ1n) is 7.12. The molecule has 1 amide bonds. The van der Waals surface area contributed by atoms with Crippen molar-refractivity contribution < 1.29 is 14.7 Å². The van der Waals surface area contributed by atoms with E-state index in [2.05, 4.69) is 12.1 Å². The summed E-state index contributed by atoms with van der Waals surface area (Å²) in [6.07, 6.45) is 4.08. The molecule has 1 aliphatic rings. The molecular weight excluding hydrogens is 254 g/mol. The van der Waals surface area contributed by atoms with Crippen molar-refractivity contribution in [3.05, 3.63) is 34.9 Å². The zero-order valence-corrected chi connectivity index (χ0v) is 12.1. The van der Waals surface area contributed by atoms with E-state index in [4.69, 9.17) is 5.11 Å². The van der Waals surface area contributed by atoms with Gasteiger partial charge in [0.1, 0.15) is 6.04 Å². The van der Waals surface area contributed by atoms with Crippen LogP contribution in [-0.2, 0) is 28.9 Å². The standard InChI is InChI=1S/C16H21NO3/c1-3-14(16(19)20)17(2)15(18)10-11-7-8-12-5-4-6-13(12)9-11/h7-9,14H,3-6,10H2,1-2H3,(H,19,20). The lowest BCUT2D eigenvalue weighted by Crippen LogP contribution is -2.42. The molecule has 108 valence electrons. The second kappa shape index (κ2) is 6.07. The Balaban J connectivity index is 2.06. The lowest BCUT2D eigenvalue weighted by Gasteiger charge is -2.23. The molecule has 0 fully saturated rings. The number of rotatable bonds is 5. The summed E-state index contributed by atoms with van der Waals surface area (Å²) in [5.74, 6) is -1.09. The number of carbonyl (C=O) groups is 2. The van der Waals surface area contributed by atoms with Crippen LogP contribution in [0.5, 0.6) is 0 Å². The third-order valence-corrected chi connectivity index (χ3v) is 4.05. The maximum Gasteiger partial charge on any atom is 0.326 e. The number of nitrogens with zero attached hydrogens (tertiary/aromatic N) is 1. The van der Waals surface area contributed by atoms with Crippen molar-refractivity contribution in [3.63, 3.8) is 0 Å². The van der Waals surface area contributed by atoms with Crippen LogP contribution in [0.15, 0.2) is 18.2 Å². The average Bonchev–Trinajstić information content (AvgIpc) is 2.86. The number of aryl methyl sites for hydroxylation is 2. The van der Waals surface area contributed by atoms with Gasteiger partial charge >= 0.3 is 5.97 Å². The Bertz CT molecular complexity index is 524. The Morgan fingerprint density at radius 1 is 1.30 bits per heavy atom. The highest BCUT2D eigenvalue weighted by molar-refractivity contribution is 5.84. The minimum Gasteiger partial charge on any atom is -0.480 e. The molecule has 20 heavy (non-hydrogen) atoms. The van der Waals surface area contributed by atoms with Gasteiger partial charge in [-0.05, 0) is 42.4 Å². The summed E-state index contributed by atoms with van der Waals surface area (Å²) in [6.45, 7) is 1.78. The second-order valence-electron chi connectivity index (χ2n) is 5.40. The van der Waals surface area contributed by atoms with E-state index < -0.39 is 12.0 Å². The molecule has 1 aromatic rings. The second-order valence-corrected chi connectivity index (χ2v) is 5.40. The highest BCUT2D eigenvalue weighted by Gasteiger charge is 2.24. The predicted octanol–water partition coefficient (Wildman–Crippen LogP) is 2.04. The summed E-state index contributed by atoms with van der Waals surface area (Å²) in [5, 5.41) is 9.09. The third kappa shape index (κ3) is 3.00. The van der Waals surface area contributed by atoms with Crippen LogP contribution in [0.25, 0.3) is 0 Å². The molecular formula is C16H21NO3. The van der Waals surface area contributed by atoms with Crippen molar-refractivity contribution in [2.24, 2.45) is 0 Å². The number of amides is 1. The molecule has 0 radical (unpaired) electrons.